The lowest BCUT2D eigenvalue weighted by Crippen LogP contribution is -2.32. The van der Waals surface area contributed by atoms with Gasteiger partial charge in [0.25, 0.3) is 0 Å². The maximum Gasteiger partial charge on any atom is 0.246 e. The van der Waals surface area contributed by atoms with Crippen LogP contribution in [0.3, 0.4) is 0 Å². The second-order valence-electron chi connectivity index (χ2n) is 6.52. The summed E-state index contributed by atoms with van der Waals surface area (Å²) < 4.78 is 58.6. The second kappa shape index (κ2) is 7.61. The molecule has 1 fully saturated rings. The highest BCUT2D eigenvalue weighted by molar-refractivity contribution is 7.92. The second-order valence-corrected chi connectivity index (χ2v) is 10.6. The number of benzene rings is 2. The van der Waals surface area contributed by atoms with Gasteiger partial charge in [0.05, 0.1) is 16.8 Å². The van der Waals surface area contributed by atoms with Crippen LogP contribution >= 0.6 is 0 Å². The van der Waals surface area contributed by atoms with E-state index < -0.39 is 25.1 Å². The number of aryl methyl sites for hydroxylation is 1. The van der Waals surface area contributed by atoms with Crippen LogP contribution in [0.25, 0.3) is 0 Å². The zero-order chi connectivity index (χ0) is 19.7. The Labute approximate surface area is 160 Å². The minimum atomic E-state index is -3.85. The predicted molar refractivity (Wildman–Crippen MR) is 103 cm³/mol. The number of hydrogen-bond acceptors (Lipinski definition) is 5. The van der Waals surface area contributed by atoms with Gasteiger partial charge in [0.1, 0.15) is 10.6 Å². The summed E-state index contributed by atoms with van der Waals surface area (Å²) in [4.78, 5) is 0.307. The molecule has 2 aromatic carbocycles. The molecule has 1 unspecified atom stereocenters. The van der Waals surface area contributed by atoms with Gasteiger partial charge in [-0.05, 0) is 50.1 Å². The standard InChI is InChI=1S/C19H23NO5S2/c1-3-25-18-10-9-15(2)13-19(18)27(23,24)20-12-11-17(14-20)26(21,22)16-7-5-4-6-8-16/h4-10,13,17H,3,11-12,14H2,1-2H3. The quantitative estimate of drug-likeness (QED) is 0.733. The monoisotopic (exact) mass is 409 g/mol. The molecule has 0 radical (unpaired) electrons. The van der Waals surface area contributed by atoms with E-state index in [1.54, 1.807) is 62.4 Å². The normalized spacial score (nSPS) is 18.5. The highest BCUT2D eigenvalue weighted by atomic mass is 32.2. The van der Waals surface area contributed by atoms with Crippen molar-refractivity contribution >= 4 is 19.9 Å². The Balaban J connectivity index is 1.90. The largest absolute Gasteiger partial charge is 0.492 e. The number of ether oxygens (including phenoxy) is 1. The molecule has 2 aromatic rings. The molecule has 1 heterocycles. The van der Waals surface area contributed by atoms with Gasteiger partial charge in [0.2, 0.25) is 10.0 Å². The molecule has 0 N–H and O–H groups in total. The zero-order valence-electron chi connectivity index (χ0n) is 15.3. The third-order valence-electron chi connectivity index (χ3n) is 4.64. The molecule has 1 saturated heterocycles. The summed E-state index contributed by atoms with van der Waals surface area (Å²) in [7, 11) is -7.43. The van der Waals surface area contributed by atoms with Gasteiger partial charge in [-0.3, -0.25) is 0 Å². The number of rotatable bonds is 6. The van der Waals surface area contributed by atoms with E-state index >= 15 is 0 Å². The lowest BCUT2D eigenvalue weighted by molar-refractivity contribution is 0.329. The molecule has 0 saturated carbocycles. The van der Waals surface area contributed by atoms with Crippen LogP contribution < -0.4 is 4.74 Å². The Morgan fingerprint density at radius 3 is 2.44 bits per heavy atom. The van der Waals surface area contributed by atoms with Gasteiger partial charge < -0.3 is 4.74 Å². The van der Waals surface area contributed by atoms with Crippen molar-refractivity contribution in [2.45, 2.75) is 35.3 Å². The molecule has 1 aliphatic heterocycles. The Bertz CT molecular complexity index is 1020. The third kappa shape index (κ3) is 3.88. The smallest absolute Gasteiger partial charge is 0.246 e. The van der Waals surface area contributed by atoms with Crippen molar-refractivity contribution in [2.24, 2.45) is 0 Å². The maximum atomic E-state index is 13.1. The third-order valence-corrected chi connectivity index (χ3v) is 8.71. The molecule has 0 bridgehead atoms. The van der Waals surface area contributed by atoms with Crippen LogP contribution in [0.2, 0.25) is 0 Å². The summed E-state index contributed by atoms with van der Waals surface area (Å²) in [6, 6.07) is 13.2. The lowest BCUT2D eigenvalue weighted by atomic mass is 10.2. The molecule has 0 aliphatic carbocycles. The van der Waals surface area contributed by atoms with Crippen molar-refractivity contribution in [3.05, 3.63) is 54.1 Å². The number of sulfonamides is 1. The van der Waals surface area contributed by atoms with Gasteiger partial charge in [0, 0.05) is 13.1 Å². The SMILES string of the molecule is CCOc1ccc(C)cc1S(=O)(=O)N1CCC(S(=O)(=O)c2ccccc2)C1. The van der Waals surface area contributed by atoms with Crippen LogP contribution in [-0.2, 0) is 19.9 Å². The first kappa shape index (κ1) is 19.9. The Morgan fingerprint density at radius 1 is 1.07 bits per heavy atom. The molecular formula is C19H23NO5S2. The molecule has 146 valence electrons. The molecule has 0 amide bonds. The average molecular weight is 410 g/mol. The number of sulfone groups is 1. The highest BCUT2D eigenvalue weighted by Gasteiger charge is 2.40. The summed E-state index contributed by atoms with van der Waals surface area (Å²) >= 11 is 0. The fraction of sp³-hybridized carbons (Fsp3) is 0.368. The Morgan fingerprint density at radius 2 is 1.78 bits per heavy atom. The van der Waals surface area contributed by atoms with Gasteiger partial charge in [-0.2, -0.15) is 4.31 Å². The van der Waals surface area contributed by atoms with Crippen LogP contribution in [-0.4, -0.2) is 46.1 Å². The molecule has 6 nitrogen and oxygen atoms in total. The molecule has 1 atom stereocenters. The van der Waals surface area contributed by atoms with Crippen molar-refractivity contribution in [3.8, 4) is 5.75 Å². The van der Waals surface area contributed by atoms with Crippen molar-refractivity contribution < 1.29 is 21.6 Å². The first-order valence-corrected chi connectivity index (χ1v) is 11.8. The van der Waals surface area contributed by atoms with E-state index in [4.69, 9.17) is 4.74 Å². The van der Waals surface area contributed by atoms with E-state index in [0.29, 0.717) is 6.61 Å². The van der Waals surface area contributed by atoms with E-state index in [-0.39, 0.29) is 35.1 Å². The van der Waals surface area contributed by atoms with Gasteiger partial charge in [0.15, 0.2) is 9.84 Å². The van der Waals surface area contributed by atoms with E-state index in [2.05, 4.69) is 0 Å². The molecule has 27 heavy (non-hydrogen) atoms. The summed E-state index contributed by atoms with van der Waals surface area (Å²) in [5, 5.41) is -0.755. The Kier molecular flexibility index (Phi) is 5.60. The topological polar surface area (TPSA) is 80.8 Å². The molecular weight excluding hydrogens is 386 g/mol. The molecule has 3 rings (SSSR count). The first-order chi connectivity index (χ1) is 12.8. The fourth-order valence-corrected chi connectivity index (χ4v) is 6.73. The van der Waals surface area contributed by atoms with Crippen LogP contribution in [0.1, 0.15) is 18.9 Å². The Hall–Kier alpha value is -1.90. The maximum absolute atomic E-state index is 13.1. The van der Waals surface area contributed by atoms with Crippen LogP contribution in [0, 0.1) is 6.92 Å². The lowest BCUT2D eigenvalue weighted by Gasteiger charge is -2.19. The van der Waals surface area contributed by atoms with E-state index in [1.165, 1.54) is 4.31 Å². The first-order valence-electron chi connectivity index (χ1n) is 8.79. The fourth-order valence-electron chi connectivity index (χ4n) is 3.20. The van der Waals surface area contributed by atoms with Crippen molar-refractivity contribution in [1.29, 1.82) is 0 Å². The minimum Gasteiger partial charge on any atom is -0.492 e. The van der Waals surface area contributed by atoms with Crippen molar-refractivity contribution in [3.63, 3.8) is 0 Å². The van der Waals surface area contributed by atoms with Crippen molar-refractivity contribution in [2.75, 3.05) is 19.7 Å². The summed E-state index contributed by atoms with van der Waals surface area (Å²) in [5.41, 5.74) is 0.796. The van der Waals surface area contributed by atoms with Gasteiger partial charge in [-0.15, -0.1) is 0 Å². The molecule has 1 aliphatic rings. The minimum absolute atomic E-state index is 0.0565. The van der Waals surface area contributed by atoms with Gasteiger partial charge >= 0.3 is 0 Å². The summed E-state index contributed by atoms with van der Waals surface area (Å²) in [6.07, 6.45) is 0.270. The summed E-state index contributed by atoms with van der Waals surface area (Å²) in [5.74, 6) is 0.289. The van der Waals surface area contributed by atoms with Crippen LogP contribution in [0.5, 0.6) is 5.75 Å². The van der Waals surface area contributed by atoms with E-state index in [9.17, 15) is 16.8 Å². The predicted octanol–water partition coefficient (Wildman–Crippen LogP) is 2.63. The number of nitrogens with zero attached hydrogens (tertiary/aromatic N) is 1. The molecule has 8 heteroatoms. The van der Waals surface area contributed by atoms with Gasteiger partial charge in [-0.1, -0.05) is 24.3 Å². The molecule has 0 spiro atoms. The number of hydrogen-bond donors (Lipinski definition) is 0. The van der Waals surface area contributed by atoms with E-state index in [1.807, 2.05) is 0 Å². The van der Waals surface area contributed by atoms with Crippen LogP contribution in [0.4, 0.5) is 0 Å². The van der Waals surface area contributed by atoms with Crippen molar-refractivity contribution in [1.82, 2.24) is 4.31 Å². The highest BCUT2D eigenvalue weighted by Crippen LogP contribution is 2.32. The molecule has 0 aromatic heterocycles. The zero-order valence-corrected chi connectivity index (χ0v) is 17.0. The summed E-state index contributed by atoms with van der Waals surface area (Å²) in [6.45, 7) is 4.05. The van der Waals surface area contributed by atoms with E-state index in [0.717, 1.165) is 5.56 Å². The van der Waals surface area contributed by atoms with Crippen LogP contribution in [0.15, 0.2) is 58.3 Å². The van der Waals surface area contributed by atoms with Gasteiger partial charge in [-0.25, -0.2) is 16.8 Å². The average Bonchev–Trinajstić information content (AvgIpc) is 3.16.